The van der Waals surface area contributed by atoms with Crippen molar-refractivity contribution in [1.29, 1.82) is 0 Å². The average molecular weight is 274 g/mol. The van der Waals surface area contributed by atoms with Gasteiger partial charge in [-0.1, -0.05) is 11.3 Å². The van der Waals surface area contributed by atoms with E-state index in [1.807, 2.05) is 6.92 Å². The van der Waals surface area contributed by atoms with Crippen LogP contribution in [0, 0.1) is 0 Å². The Morgan fingerprint density at radius 1 is 1.53 bits per heavy atom. The lowest BCUT2D eigenvalue weighted by molar-refractivity contribution is 0.598. The van der Waals surface area contributed by atoms with Gasteiger partial charge in [0, 0.05) is 18.8 Å². The van der Waals surface area contributed by atoms with Crippen molar-refractivity contribution < 1.29 is 8.42 Å². The van der Waals surface area contributed by atoms with E-state index in [9.17, 15) is 8.42 Å². The Bertz CT molecular complexity index is 616. The molecule has 8 nitrogen and oxygen atoms in total. The zero-order valence-electron chi connectivity index (χ0n) is 8.86. The first-order valence-corrected chi connectivity index (χ1v) is 6.96. The zero-order chi connectivity index (χ0) is 12.5. The molecule has 0 bridgehead atoms. The second-order valence-corrected chi connectivity index (χ2v) is 5.93. The van der Waals surface area contributed by atoms with E-state index < -0.39 is 10.0 Å². The van der Waals surface area contributed by atoms with Crippen LogP contribution in [-0.2, 0) is 16.6 Å². The molecular formula is C7H10N6O2S2. The van der Waals surface area contributed by atoms with E-state index >= 15 is 0 Å². The van der Waals surface area contributed by atoms with Crippen LogP contribution < -0.4 is 10.5 Å². The first-order chi connectivity index (χ1) is 8.01. The van der Waals surface area contributed by atoms with Gasteiger partial charge in [-0.2, -0.15) is 13.5 Å². The summed E-state index contributed by atoms with van der Waals surface area (Å²) in [4.78, 5) is 0. The summed E-state index contributed by atoms with van der Waals surface area (Å²) in [5.74, 6) is 0.237. The fraction of sp³-hybridized carbons (Fsp3) is 0.286. The van der Waals surface area contributed by atoms with Gasteiger partial charge in [0.05, 0.1) is 0 Å². The lowest BCUT2D eigenvalue weighted by Crippen LogP contribution is -2.13. The van der Waals surface area contributed by atoms with Gasteiger partial charge in [-0.15, -0.1) is 10.2 Å². The minimum atomic E-state index is -3.75. The Kier molecular flexibility index (Phi) is 2.98. The molecular weight excluding hydrogens is 264 g/mol. The minimum absolute atomic E-state index is 0.101. The van der Waals surface area contributed by atoms with Gasteiger partial charge in [0.25, 0.3) is 14.4 Å². The summed E-state index contributed by atoms with van der Waals surface area (Å²) in [7, 11) is -3.75. The Labute approximate surface area is 102 Å². The molecule has 0 saturated carbocycles. The number of aryl methyl sites for hydroxylation is 1. The molecule has 17 heavy (non-hydrogen) atoms. The number of aromatic nitrogens is 4. The first kappa shape index (κ1) is 11.8. The van der Waals surface area contributed by atoms with Gasteiger partial charge in [-0.05, 0) is 6.92 Å². The molecule has 0 unspecified atom stereocenters. The Morgan fingerprint density at radius 3 is 2.82 bits per heavy atom. The monoisotopic (exact) mass is 274 g/mol. The smallest absolute Gasteiger partial charge is 0.292 e. The molecule has 0 aliphatic rings. The second-order valence-electron chi connectivity index (χ2n) is 3.07. The fourth-order valence-corrected chi connectivity index (χ4v) is 2.88. The lowest BCUT2D eigenvalue weighted by atomic mass is 10.7. The maximum absolute atomic E-state index is 11.8. The number of nitrogens with zero attached hydrogens (tertiary/aromatic N) is 4. The van der Waals surface area contributed by atoms with E-state index in [1.165, 1.54) is 0 Å². The molecule has 3 N–H and O–H groups in total. The van der Waals surface area contributed by atoms with Crippen molar-refractivity contribution in [2.24, 2.45) is 0 Å². The summed E-state index contributed by atoms with van der Waals surface area (Å²) in [5.41, 5.74) is 5.33. The van der Waals surface area contributed by atoms with E-state index in [2.05, 4.69) is 20.0 Å². The third-order valence-corrected chi connectivity index (χ3v) is 4.33. The largest absolute Gasteiger partial charge is 0.374 e. The first-order valence-electron chi connectivity index (χ1n) is 4.66. The van der Waals surface area contributed by atoms with E-state index in [4.69, 9.17) is 5.73 Å². The Hall–Kier alpha value is -1.68. The zero-order valence-corrected chi connectivity index (χ0v) is 10.5. The second kappa shape index (κ2) is 4.30. The van der Waals surface area contributed by atoms with E-state index in [0.29, 0.717) is 6.54 Å². The van der Waals surface area contributed by atoms with Crippen LogP contribution in [0.15, 0.2) is 16.6 Å². The van der Waals surface area contributed by atoms with Crippen LogP contribution in [0.25, 0.3) is 0 Å². The topological polar surface area (TPSA) is 116 Å². The molecule has 2 heterocycles. The molecule has 2 rings (SSSR count). The summed E-state index contributed by atoms with van der Waals surface area (Å²) in [6.45, 7) is 2.56. The van der Waals surface area contributed by atoms with Gasteiger partial charge in [-0.25, -0.2) is 0 Å². The Balaban J connectivity index is 2.23. The number of rotatable bonds is 4. The van der Waals surface area contributed by atoms with Gasteiger partial charge in [-0.3, -0.25) is 9.40 Å². The number of nitrogens with one attached hydrogen (secondary N) is 1. The molecule has 0 amide bonds. The minimum Gasteiger partial charge on any atom is -0.374 e. The van der Waals surface area contributed by atoms with Crippen molar-refractivity contribution in [2.45, 2.75) is 17.8 Å². The molecule has 2 aromatic heterocycles. The maximum Gasteiger partial charge on any atom is 0.292 e. The molecule has 0 saturated heterocycles. The molecule has 10 heteroatoms. The van der Waals surface area contributed by atoms with Crippen molar-refractivity contribution in [2.75, 3.05) is 10.5 Å². The van der Waals surface area contributed by atoms with Crippen molar-refractivity contribution >= 4 is 32.3 Å². The predicted octanol–water partition coefficient (Wildman–Crippen LogP) is 0.137. The fourth-order valence-electron chi connectivity index (χ4n) is 1.10. The number of nitrogen functional groups attached to an aromatic ring is 1. The summed E-state index contributed by atoms with van der Waals surface area (Å²) < 4.78 is 27.3. The average Bonchev–Trinajstić information content (AvgIpc) is 2.86. The van der Waals surface area contributed by atoms with Crippen LogP contribution in [0.4, 0.5) is 10.9 Å². The van der Waals surface area contributed by atoms with Gasteiger partial charge < -0.3 is 5.73 Å². The third kappa shape index (κ3) is 2.53. The summed E-state index contributed by atoms with van der Waals surface area (Å²) >= 11 is 0.797. The van der Waals surface area contributed by atoms with E-state index in [1.54, 1.807) is 16.9 Å². The molecule has 2 aromatic rings. The van der Waals surface area contributed by atoms with Crippen molar-refractivity contribution in [3.8, 4) is 0 Å². The highest BCUT2D eigenvalue weighted by Crippen LogP contribution is 2.19. The predicted molar refractivity (Wildman–Crippen MR) is 63.0 cm³/mol. The molecule has 0 aliphatic heterocycles. The molecule has 92 valence electrons. The number of hydrogen-bond donors (Lipinski definition) is 2. The quantitative estimate of drug-likeness (QED) is 0.819. The van der Waals surface area contributed by atoms with Gasteiger partial charge in [0.1, 0.15) is 0 Å². The van der Waals surface area contributed by atoms with Crippen LogP contribution in [0.3, 0.4) is 0 Å². The van der Waals surface area contributed by atoms with Crippen LogP contribution in [0.2, 0.25) is 0 Å². The van der Waals surface area contributed by atoms with Crippen LogP contribution in [0.5, 0.6) is 0 Å². The molecule has 0 atom stereocenters. The normalized spacial score (nSPS) is 11.6. The maximum atomic E-state index is 11.8. The highest BCUT2D eigenvalue weighted by Gasteiger charge is 2.20. The van der Waals surface area contributed by atoms with E-state index in [0.717, 1.165) is 11.3 Å². The number of nitrogens with two attached hydrogens (primary N) is 1. The van der Waals surface area contributed by atoms with Gasteiger partial charge >= 0.3 is 0 Å². The number of anilines is 2. The molecule has 0 radical (unpaired) electrons. The third-order valence-electron chi connectivity index (χ3n) is 1.86. The van der Waals surface area contributed by atoms with Gasteiger partial charge in [0.2, 0.25) is 5.13 Å². The van der Waals surface area contributed by atoms with Crippen molar-refractivity contribution in [1.82, 2.24) is 20.0 Å². The standard InChI is InChI=1S/C7H10N6O2S2/c1-2-13-4-3-5(11-13)12-17(14,15)7-10-9-6(8)16-7/h3-4H,2H2,1H3,(H2,8,9)(H,11,12). The highest BCUT2D eigenvalue weighted by atomic mass is 32.2. The van der Waals surface area contributed by atoms with Crippen LogP contribution in [-0.4, -0.2) is 28.4 Å². The lowest BCUT2D eigenvalue weighted by Gasteiger charge is -2.00. The Morgan fingerprint density at radius 2 is 2.29 bits per heavy atom. The van der Waals surface area contributed by atoms with Crippen LogP contribution >= 0.6 is 11.3 Å². The highest BCUT2D eigenvalue weighted by molar-refractivity contribution is 7.94. The molecule has 0 fully saturated rings. The van der Waals surface area contributed by atoms with Crippen molar-refractivity contribution in [3.05, 3.63) is 12.3 Å². The van der Waals surface area contributed by atoms with Crippen molar-refractivity contribution in [3.63, 3.8) is 0 Å². The number of sulfonamides is 1. The number of hydrogen-bond acceptors (Lipinski definition) is 7. The van der Waals surface area contributed by atoms with Crippen LogP contribution in [0.1, 0.15) is 6.92 Å². The molecule has 0 spiro atoms. The summed E-state index contributed by atoms with van der Waals surface area (Å²) in [6.07, 6.45) is 1.67. The summed E-state index contributed by atoms with van der Waals surface area (Å²) in [6, 6.07) is 1.56. The molecule has 0 aromatic carbocycles. The van der Waals surface area contributed by atoms with Gasteiger partial charge in [0.15, 0.2) is 5.82 Å². The molecule has 0 aliphatic carbocycles. The SMILES string of the molecule is CCn1ccc(NS(=O)(=O)c2nnc(N)s2)n1. The summed E-state index contributed by atoms with van der Waals surface area (Å²) in [5, 5.41) is 11.0. The van der Waals surface area contributed by atoms with E-state index in [-0.39, 0.29) is 15.3 Å².